The quantitative estimate of drug-likeness (QED) is 0.492. The SMILES string of the molecule is O=C(NC1CCC(NC(=O)c2ccccc2Cl)CC1)c1csc(COc2ccccc2F)n1. The summed E-state index contributed by atoms with van der Waals surface area (Å²) in [4.78, 5) is 29.3. The molecular formula is C24H23ClFN3O3S. The summed E-state index contributed by atoms with van der Waals surface area (Å²) in [5.41, 5.74) is 0.786. The van der Waals surface area contributed by atoms with Gasteiger partial charge >= 0.3 is 0 Å². The van der Waals surface area contributed by atoms with Gasteiger partial charge in [-0.3, -0.25) is 9.59 Å². The fraction of sp³-hybridized carbons (Fsp3) is 0.292. The molecule has 1 fully saturated rings. The van der Waals surface area contributed by atoms with Crippen LogP contribution in [0.3, 0.4) is 0 Å². The summed E-state index contributed by atoms with van der Waals surface area (Å²) in [7, 11) is 0. The number of carbonyl (C=O) groups excluding carboxylic acids is 2. The zero-order valence-electron chi connectivity index (χ0n) is 17.7. The number of rotatable bonds is 7. The summed E-state index contributed by atoms with van der Waals surface area (Å²) < 4.78 is 19.1. The lowest BCUT2D eigenvalue weighted by molar-refractivity contribution is 0.0889. The highest BCUT2D eigenvalue weighted by Gasteiger charge is 2.25. The number of benzene rings is 2. The van der Waals surface area contributed by atoms with Gasteiger partial charge in [-0.2, -0.15) is 0 Å². The minimum Gasteiger partial charge on any atom is -0.483 e. The molecule has 0 aliphatic heterocycles. The predicted octanol–water partition coefficient (Wildman–Crippen LogP) is 4.99. The molecule has 1 aliphatic carbocycles. The molecule has 1 aliphatic rings. The zero-order chi connectivity index (χ0) is 23.2. The predicted molar refractivity (Wildman–Crippen MR) is 125 cm³/mol. The van der Waals surface area contributed by atoms with Crippen LogP contribution >= 0.6 is 22.9 Å². The lowest BCUT2D eigenvalue weighted by Gasteiger charge is -2.29. The van der Waals surface area contributed by atoms with Crippen molar-refractivity contribution in [2.45, 2.75) is 44.4 Å². The maximum absolute atomic E-state index is 13.7. The first kappa shape index (κ1) is 23.2. The van der Waals surface area contributed by atoms with Crippen molar-refractivity contribution in [3.8, 4) is 5.75 Å². The van der Waals surface area contributed by atoms with Gasteiger partial charge in [0.05, 0.1) is 10.6 Å². The first-order valence-corrected chi connectivity index (χ1v) is 11.9. The second kappa shape index (κ2) is 10.8. The molecule has 2 N–H and O–H groups in total. The zero-order valence-corrected chi connectivity index (χ0v) is 19.3. The van der Waals surface area contributed by atoms with Crippen molar-refractivity contribution in [2.24, 2.45) is 0 Å². The van der Waals surface area contributed by atoms with Crippen molar-refractivity contribution < 1.29 is 18.7 Å². The molecule has 6 nitrogen and oxygen atoms in total. The third-order valence-corrected chi connectivity index (χ3v) is 6.64. The van der Waals surface area contributed by atoms with E-state index in [-0.39, 0.29) is 36.3 Å². The van der Waals surface area contributed by atoms with Crippen molar-refractivity contribution >= 4 is 34.8 Å². The Morgan fingerprint density at radius 2 is 1.64 bits per heavy atom. The smallest absolute Gasteiger partial charge is 0.270 e. The molecule has 0 unspecified atom stereocenters. The summed E-state index contributed by atoms with van der Waals surface area (Å²) in [5.74, 6) is -0.713. The Bertz CT molecular complexity index is 1130. The van der Waals surface area contributed by atoms with Crippen molar-refractivity contribution in [1.82, 2.24) is 15.6 Å². The third-order valence-electron chi connectivity index (χ3n) is 5.49. The van der Waals surface area contributed by atoms with Crippen molar-refractivity contribution in [3.05, 3.63) is 81.0 Å². The van der Waals surface area contributed by atoms with Gasteiger partial charge in [0.1, 0.15) is 17.3 Å². The van der Waals surface area contributed by atoms with Gasteiger partial charge < -0.3 is 15.4 Å². The first-order chi connectivity index (χ1) is 16.0. The minimum absolute atomic E-state index is 0.0192. The summed E-state index contributed by atoms with van der Waals surface area (Å²) >= 11 is 7.39. The van der Waals surface area contributed by atoms with Gasteiger partial charge in [0.25, 0.3) is 11.8 Å². The molecule has 0 radical (unpaired) electrons. The van der Waals surface area contributed by atoms with E-state index in [2.05, 4.69) is 15.6 Å². The van der Waals surface area contributed by atoms with Crippen molar-refractivity contribution in [3.63, 3.8) is 0 Å². The number of halogens is 2. The molecule has 3 aromatic rings. The Balaban J connectivity index is 1.23. The largest absolute Gasteiger partial charge is 0.483 e. The molecule has 0 atom stereocenters. The summed E-state index contributed by atoms with van der Waals surface area (Å²) in [6.07, 6.45) is 3.04. The fourth-order valence-corrected chi connectivity index (χ4v) is 4.64. The minimum atomic E-state index is -0.439. The number of hydrogen-bond acceptors (Lipinski definition) is 5. The summed E-state index contributed by atoms with van der Waals surface area (Å²) in [6, 6.07) is 13.2. The third kappa shape index (κ3) is 6.09. The van der Waals surface area contributed by atoms with Crippen LogP contribution in [0.1, 0.15) is 51.5 Å². The molecule has 172 valence electrons. The number of para-hydroxylation sites is 1. The number of amides is 2. The topological polar surface area (TPSA) is 80.3 Å². The highest BCUT2D eigenvalue weighted by molar-refractivity contribution is 7.09. The first-order valence-electron chi connectivity index (χ1n) is 10.7. The van der Waals surface area contributed by atoms with Crippen LogP contribution in [0, 0.1) is 5.82 Å². The van der Waals surface area contributed by atoms with E-state index in [1.807, 2.05) is 0 Å². The molecular weight excluding hydrogens is 465 g/mol. The second-order valence-corrected chi connectivity index (χ2v) is 9.17. The highest BCUT2D eigenvalue weighted by Crippen LogP contribution is 2.22. The average molecular weight is 488 g/mol. The van der Waals surface area contributed by atoms with Crippen LogP contribution in [-0.2, 0) is 6.61 Å². The van der Waals surface area contributed by atoms with Crippen molar-refractivity contribution in [2.75, 3.05) is 0 Å². The van der Waals surface area contributed by atoms with Crippen LogP contribution in [0.25, 0.3) is 0 Å². The summed E-state index contributed by atoms with van der Waals surface area (Å²) in [5, 5.41) is 8.74. The van der Waals surface area contributed by atoms with Gasteiger partial charge in [-0.05, 0) is 49.9 Å². The average Bonchev–Trinajstić information content (AvgIpc) is 3.29. The van der Waals surface area contributed by atoms with E-state index in [0.29, 0.717) is 21.3 Å². The van der Waals surface area contributed by atoms with Crippen LogP contribution in [0.5, 0.6) is 5.75 Å². The Kier molecular flexibility index (Phi) is 7.57. The molecule has 4 rings (SSSR count). The van der Waals surface area contributed by atoms with E-state index < -0.39 is 5.82 Å². The van der Waals surface area contributed by atoms with Crippen molar-refractivity contribution in [1.29, 1.82) is 0 Å². The number of aromatic nitrogens is 1. The molecule has 1 saturated carbocycles. The Morgan fingerprint density at radius 1 is 1.00 bits per heavy atom. The fourth-order valence-electron chi connectivity index (χ4n) is 3.73. The van der Waals surface area contributed by atoms with Gasteiger partial charge in [-0.1, -0.05) is 35.9 Å². The molecule has 9 heteroatoms. The van der Waals surface area contributed by atoms with Crippen LogP contribution < -0.4 is 15.4 Å². The number of thiazole rings is 1. The van der Waals surface area contributed by atoms with Gasteiger partial charge in [-0.15, -0.1) is 11.3 Å². The molecule has 1 aromatic heterocycles. The van der Waals surface area contributed by atoms with E-state index in [1.54, 1.807) is 47.8 Å². The molecule has 0 bridgehead atoms. The van der Waals surface area contributed by atoms with Gasteiger partial charge in [0, 0.05) is 17.5 Å². The lowest BCUT2D eigenvalue weighted by Crippen LogP contribution is -2.43. The standard InChI is InChI=1S/C24H23ClFN3O3S/c25-18-6-2-1-5-17(18)23(30)27-15-9-11-16(12-10-15)28-24(31)20-14-33-22(29-20)13-32-21-8-4-3-7-19(21)26/h1-8,14-16H,9-13H2,(H,27,30)(H,28,31). The van der Waals surface area contributed by atoms with E-state index in [9.17, 15) is 14.0 Å². The maximum Gasteiger partial charge on any atom is 0.270 e. The molecule has 33 heavy (non-hydrogen) atoms. The molecule has 0 spiro atoms. The molecule has 0 saturated heterocycles. The van der Waals surface area contributed by atoms with Crippen LogP contribution in [0.4, 0.5) is 4.39 Å². The second-order valence-electron chi connectivity index (χ2n) is 7.82. The Hall–Kier alpha value is -2.97. The van der Waals surface area contributed by atoms with Crippen LogP contribution in [0.2, 0.25) is 5.02 Å². The molecule has 2 amide bonds. The molecule has 1 heterocycles. The van der Waals surface area contributed by atoms with Crippen LogP contribution in [-0.4, -0.2) is 28.9 Å². The number of carbonyl (C=O) groups is 2. The molecule has 2 aromatic carbocycles. The van der Waals surface area contributed by atoms with E-state index in [4.69, 9.17) is 16.3 Å². The lowest BCUT2D eigenvalue weighted by atomic mass is 9.91. The summed E-state index contributed by atoms with van der Waals surface area (Å²) in [6.45, 7) is 0.0924. The number of nitrogens with one attached hydrogen (secondary N) is 2. The Labute approximate surface area is 200 Å². The van der Waals surface area contributed by atoms with Gasteiger partial charge in [0.15, 0.2) is 11.6 Å². The number of ether oxygens (including phenoxy) is 1. The van der Waals surface area contributed by atoms with Gasteiger partial charge in [0.2, 0.25) is 0 Å². The van der Waals surface area contributed by atoms with E-state index in [1.165, 1.54) is 17.4 Å². The maximum atomic E-state index is 13.7. The van der Waals surface area contributed by atoms with E-state index >= 15 is 0 Å². The Morgan fingerprint density at radius 3 is 2.33 bits per heavy atom. The van der Waals surface area contributed by atoms with Crippen LogP contribution in [0.15, 0.2) is 53.9 Å². The highest BCUT2D eigenvalue weighted by atomic mass is 35.5. The number of hydrogen-bond donors (Lipinski definition) is 2. The monoisotopic (exact) mass is 487 g/mol. The van der Waals surface area contributed by atoms with Gasteiger partial charge in [-0.25, -0.2) is 9.37 Å². The normalized spacial score (nSPS) is 17.9. The van der Waals surface area contributed by atoms with E-state index in [0.717, 1.165) is 25.7 Å². The number of nitrogens with zero attached hydrogens (tertiary/aromatic N) is 1.